The molecule has 1 aliphatic heterocycles. The molecule has 17 heavy (non-hydrogen) atoms. The monoisotopic (exact) mass is 241 g/mol. The summed E-state index contributed by atoms with van der Waals surface area (Å²) < 4.78 is 0. The van der Waals surface area contributed by atoms with E-state index in [0.29, 0.717) is 12.8 Å². The molecule has 2 unspecified atom stereocenters. The molecule has 0 aromatic carbocycles. The number of hydrogen-bond donors (Lipinski definition) is 2. The fourth-order valence-electron chi connectivity index (χ4n) is 1.82. The second-order valence-electron chi connectivity index (χ2n) is 4.23. The topological polar surface area (TPSA) is 92.5 Å². The van der Waals surface area contributed by atoms with E-state index < -0.39 is 17.9 Å². The third-order valence-electron chi connectivity index (χ3n) is 2.92. The number of hydrogen-bond acceptors (Lipinski definition) is 4. The van der Waals surface area contributed by atoms with E-state index in [4.69, 9.17) is 5.73 Å². The number of piperazine rings is 1. The van der Waals surface area contributed by atoms with Crippen LogP contribution in [0.15, 0.2) is 0 Å². The number of imide groups is 1. The summed E-state index contributed by atoms with van der Waals surface area (Å²) in [7, 11) is 0. The molecule has 1 rings (SSSR count). The van der Waals surface area contributed by atoms with Crippen LogP contribution in [-0.4, -0.2) is 41.2 Å². The highest BCUT2D eigenvalue weighted by Crippen LogP contribution is 2.12. The van der Waals surface area contributed by atoms with Crippen molar-refractivity contribution >= 4 is 17.7 Å². The van der Waals surface area contributed by atoms with Crippen molar-refractivity contribution in [2.24, 2.45) is 5.73 Å². The van der Waals surface area contributed by atoms with Gasteiger partial charge in [-0.05, 0) is 12.8 Å². The highest BCUT2D eigenvalue weighted by molar-refractivity contribution is 6.04. The maximum atomic E-state index is 11.9. The Hall–Kier alpha value is -1.43. The van der Waals surface area contributed by atoms with Crippen LogP contribution in [0.2, 0.25) is 0 Å². The van der Waals surface area contributed by atoms with E-state index in [0.717, 1.165) is 0 Å². The van der Waals surface area contributed by atoms with Crippen molar-refractivity contribution in [2.75, 3.05) is 6.54 Å². The Bertz CT molecular complexity index is 330. The van der Waals surface area contributed by atoms with E-state index in [9.17, 15) is 14.4 Å². The number of nitrogens with one attached hydrogen (secondary N) is 1. The maximum Gasteiger partial charge on any atom is 0.249 e. The third kappa shape index (κ3) is 3.26. The van der Waals surface area contributed by atoms with E-state index in [2.05, 4.69) is 5.32 Å². The molecule has 0 aromatic heterocycles. The number of carbonyl (C=O) groups is 3. The van der Waals surface area contributed by atoms with Crippen molar-refractivity contribution in [3.05, 3.63) is 0 Å². The fraction of sp³-hybridized carbons (Fsp3) is 0.727. The molecule has 6 heteroatoms. The van der Waals surface area contributed by atoms with Gasteiger partial charge in [0.1, 0.15) is 12.6 Å². The molecule has 3 amide bonds. The van der Waals surface area contributed by atoms with E-state index in [1.807, 2.05) is 6.92 Å². The van der Waals surface area contributed by atoms with E-state index >= 15 is 0 Å². The lowest BCUT2D eigenvalue weighted by Gasteiger charge is -2.33. The van der Waals surface area contributed by atoms with Crippen molar-refractivity contribution in [1.29, 1.82) is 0 Å². The number of amides is 3. The van der Waals surface area contributed by atoms with Gasteiger partial charge in [-0.1, -0.05) is 13.8 Å². The minimum Gasteiger partial charge on any atom is -0.327 e. The van der Waals surface area contributed by atoms with Crippen molar-refractivity contribution in [3.63, 3.8) is 0 Å². The van der Waals surface area contributed by atoms with Crippen molar-refractivity contribution in [2.45, 2.75) is 45.2 Å². The standard InChI is InChI=1S/C11H19N3O3/c1-3-7(12)5-10(16)14-6-9(15)13-11(17)8(14)4-2/h7-8H,3-6,12H2,1-2H3,(H,13,15,17). The van der Waals surface area contributed by atoms with Crippen molar-refractivity contribution in [3.8, 4) is 0 Å². The Kier molecular flexibility index (Phi) is 4.62. The predicted octanol–water partition coefficient (Wildman–Crippen LogP) is -0.623. The van der Waals surface area contributed by atoms with Gasteiger partial charge in [-0.3, -0.25) is 19.7 Å². The molecule has 0 aromatic rings. The highest BCUT2D eigenvalue weighted by atomic mass is 16.2. The fourth-order valence-corrected chi connectivity index (χ4v) is 1.82. The zero-order valence-corrected chi connectivity index (χ0v) is 10.2. The smallest absolute Gasteiger partial charge is 0.249 e. The maximum absolute atomic E-state index is 11.9. The second-order valence-corrected chi connectivity index (χ2v) is 4.23. The molecule has 0 bridgehead atoms. The zero-order chi connectivity index (χ0) is 13.0. The SMILES string of the molecule is CCC(N)CC(=O)N1CC(=O)NC(=O)C1CC. The van der Waals surface area contributed by atoms with Gasteiger partial charge >= 0.3 is 0 Å². The van der Waals surface area contributed by atoms with Crippen LogP contribution in [0.5, 0.6) is 0 Å². The lowest BCUT2D eigenvalue weighted by atomic mass is 10.1. The first kappa shape index (κ1) is 13.6. The Morgan fingerprint density at radius 2 is 2.18 bits per heavy atom. The second kappa shape index (κ2) is 5.77. The minimum absolute atomic E-state index is 0.0560. The molecule has 96 valence electrons. The predicted molar refractivity (Wildman–Crippen MR) is 61.8 cm³/mol. The quantitative estimate of drug-likeness (QED) is 0.641. The van der Waals surface area contributed by atoms with Gasteiger partial charge in [-0.15, -0.1) is 0 Å². The van der Waals surface area contributed by atoms with Crippen molar-refractivity contribution < 1.29 is 14.4 Å². The summed E-state index contributed by atoms with van der Waals surface area (Å²) in [5.41, 5.74) is 5.70. The molecule has 1 saturated heterocycles. The van der Waals surface area contributed by atoms with Gasteiger partial charge < -0.3 is 10.6 Å². The number of nitrogens with zero attached hydrogens (tertiary/aromatic N) is 1. The molecule has 0 radical (unpaired) electrons. The van der Waals surface area contributed by atoms with E-state index in [1.54, 1.807) is 6.92 Å². The van der Waals surface area contributed by atoms with Gasteiger partial charge in [0.2, 0.25) is 17.7 Å². The number of nitrogens with two attached hydrogens (primary N) is 1. The summed E-state index contributed by atoms with van der Waals surface area (Å²) >= 11 is 0. The van der Waals surface area contributed by atoms with Crippen LogP contribution in [0.1, 0.15) is 33.1 Å². The van der Waals surface area contributed by atoms with Crippen LogP contribution in [-0.2, 0) is 14.4 Å². The van der Waals surface area contributed by atoms with Gasteiger partial charge in [-0.2, -0.15) is 0 Å². The minimum atomic E-state index is -0.552. The van der Waals surface area contributed by atoms with Gasteiger partial charge in [-0.25, -0.2) is 0 Å². The average molecular weight is 241 g/mol. The van der Waals surface area contributed by atoms with Crippen molar-refractivity contribution in [1.82, 2.24) is 10.2 Å². The van der Waals surface area contributed by atoms with Gasteiger partial charge in [0.05, 0.1) is 0 Å². The molecular formula is C11H19N3O3. The lowest BCUT2D eigenvalue weighted by Crippen LogP contribution is -2.60. The molecule has 6 nitrogen and oxygen atoms in total. The molecule has 0 saturated carbocycles. The molecule has 1 fully saturated rings. The summed E-state index contributed by atoms with van der Waals surface area (Å²) in [4.78, 5) is 36.1. The number of carbonyl (C=O) groups excluding carboxylic acids is 3. The van der Waals surface area contributed by atoms with Crippen LogP contribution in [0, 0.1) is 0 Å². The Morgan fingerprint density at radius 3 is 2.71 bits per heavy atom. The largest absolute Gasteiger partial charge is 0.327 e. The lowest BCUT2D eigenvalue weighted by molar-refractivity contribution is -0.150. The zero-order valence-electron chi connectivity index (χ0n) is 10.2. The molecule has 2 atom stereocenters. The van der Waals surface area contributed by atoms with Gasteiger partial charge in [0, 0.05) is 12.5 Å². The molecule has 1 heterocycles. The summed E-state index contributed by atoms with van der Waals surface area (Å²) in [6, 6.07) is -0.774. The molecule has 0 aliphatic carbocycles. The van der Waals surface area contributed by atoms with Crippen LogP contribution in [0.25, 0.3) is 0 Å². The molecular weight excluding hydrogens is 222 g/mol. The first-order valence-electron chi connectivity index (χ1n) is 5.88. The van der Waals surface area contributed by atoms with Gasteiger partial charge in [0.15, 0.2) is 0 Å². The summed E-state index contributed by atoms with van der Waals surface area (Å²) in [5.74, 6) is -1.06. The van der Waals surface area contributed by atoms with E-state index in [-0.39, 0.29) is 24.9 Å². The highest BCUT2D eigenvalue weighted by Gasteiger charge is 2.35. The Morgan fingerprint density at radius 1 is 1.53 bits per heavy atom. The van der Waals surface area contributed by atoms with Crippen LogP contribution in [0.4, 0.5) is 0 Å². The molecule has 3 N–H and O–H groups in total. The van der Waals surface area contributed by atoms with Gasteiger partial charge in [0.25, 0.3) is 0 Å². The summed E-state index contributed by atoms with van der Waals surface area (Å²) in [6.45, 7) is 3.64. The summed E-state index contributed by atoms with van der Waals surface area (Å²) in [6.07, 6.45) is 1.36. The summed E-state index contributed by atoms with van der Waals surface area (Å²) in [5, 5.41) is 2.23. The average Bonchev–Trinajstić information content (AvgIpc) is 2.27. The Labute approximate surface area is 101 Å². The van der Waals surface area contributed by atoms with Crippen LogP contribution < -0.4 is 11.1 Å². The van der Waals surface area contributed by atoms with E-state index in [1.165, 1.54) is 4.90 Å². The van der Waals surface area contributed by atoms with Crippen LogP contribution in [0.3, 0.4) is 0 Å². The molecule has 1 aliphatic rings. The Balaban J connectivity index is 2.74. The normalized spacial score (nSPS) is 22.3. The first-order valence-corrected chi connectivity index (χ1v) is 5.88. The molecule has 0 spiro atoms. The number of rotatable bonds is 4. The first-order chi connectivity index (χ1) is 7.99. The third-order valence-corrected chi connectivity index (χ3v) is 2.92. The van der Waals surface area contributed by atoms with Crippen LogP contribution >= 0.6 is 0 Å².